The highest BCUT2D eigenvalue weighted by atomic mass is 31.2. The number of hydrogen-bond donors (Lipinski definition) is 5. The first-order valence-electron chi connectivity index (χ1n) is 10.1. The van der Waals surface area contributed by atoms with Gasteiger partial charge in [-0.1, -0.05) is 11.3 Å². The fourth-order valence-corrected chi connectivity index (χ4v) is 3.56. The van der Waals surface area contributed by atoms with Crippen LogP contribution in [0.2, 0.25) is 0 Å². The molecule has 0 fully saturated rings. The fourth-order valence-electron chi connectivity index (χ4n) is 3.14. The molecule has 2 rings (SSSR count). The number of likely N-dealkylation sites (N-methyl/N-ethyl adjacent to an activating group) is 1. The minimum absolute atomic E-state index is 0.0645. The minimum atomic E-state index is -5.02. The lowest BCUT2D eigenvalue weighted by atomic mass is 10.0. The van der Waals surface area contributed by atoms with Crippen molar-refractivity contribution in [3.05, 3.63) is 45.8 Å². The number of carboxylic acids is 1. The number of carboxylic acid groups (broad SMARTS) is 1. The van der Waals surface area contributed by atoms with Gasteiger partial charge in [0.25, 0.3) is 0 Å². The second-order valence-corrected chi connectivity index (χ2v) is 8.45. The number of benzene rings is 1. The molecule has 2 aromatic rings. The highest BCUT2D eigenvalue weighted by Crippen LogP contribution is 2.42. The first kappa shape index (κ1) is 27.3. The molecule has 5 N–H and O–H groups in total. The van der Waals surface area contributed by atoms with Gasteiger partial charge in [-0.3, -0.25) is 29.4 Å². The molecule has 0 aliphatic rings. The predicted octanol–water partition coefficient (Wildman–Crippen LogP) is 0.749. The Balaban J connectivity index is 2.18. The second kappa shape index (κ2) is 12.0. The van der Waals surface area contributed by atoms with Crippen molar-refractivity contribution in [3.8, 4) is 5.75 Å². The molecule has 1 aromatic carbocycles. The van der Waals surface area contributed by atoms with Crippen molar-refractivity contribution in [2.24, 2.45) is 0 Å². The van der Waals surface area contributed by atoms with E-state index in [0.717, 1.165) is 12.1 Å². The average molecular weight is 503 g/mol. The summed E-state index contributed by atoms with van der Waals surface area (Å²) in [5, 5.41) is 40.9. The third-order valence-electron chi connectivity index (χ3n) is 4.64. The van der Waals surface area contributed by atoms with Gasteiger partial charge in [-0.2, -0.15) is 0 Å². The normalized spacial score (nSPS) is 14.4. The molecule has 0 saturated heterocycles. The lowest BCUT2D eigenvalue weighted by molar-refractivity contribution is -0.385. The maximum Gasteiger partial charge on any atom is 0.525 e. The lowest BCUT2D eigenvalue weighted by Gasteiger charge is -2.19. The van der Waals surface area contributed by atoms with Gasteiger partial charge in [0.2, 0.25) is 5.75 Å². The number of aliphatic hydroxyl groups excluding tert-OH is 1. The minimum Gasteiger partial charge on any atom is -0.480 e. The highest BCUT2D eigenvalue weighted by molar-refractivity contribution is 7.46. The predicted molar refractivity (Wildman–Crippen MR) is 115 cm³/mol. The Morgan fingerprint density at radius 3 is 2.65 bits per heavy atom. The Kier molecular flexibility index (Phi) is 9.61. The third kappa shape index (κ3) is 8.44. The summed E-state index contributed by atoms with van der Waals surface area (Å²) in [5.74, 6) is -1.57. The molecule has 16 heteroatoms. The molecule has 15 nitrogen and oxygen atoms in total. The van der Waals surface area contributed by atoms with Crippen LogP contribution >= 0.6 is 7.82 Å². The number of rotatable bonds is 14. The van der Waals surface area contributed by atoms with Gasteiger partial charge < -0.3 is 24.8 Å². The second-order valence-electron chi connectivity index (χ2n) is 7.29. The average Bonchev–Trinajstić information content (AvgIpc) is 3.16. The van der Waals surface area contributed by atoms with Crippen LogP contribution in [0.1, 0.15) is 37.1 Å². The topological polar surface area (TPSA) is 219 Å². The number of phosphoric ester groups is 1. The quantitative estimate of drug-likeness (QED) is 0.104. The first-order chi connectivity index (χ1) is 15.9. The maximum atomic E-state index is 11.4. The van der Waals surface area contributed by atoms with Gasteiger partial charge in [0.15, 0.2) is 6.29 Å². The van der Waals surface area contributed by atoms with Gasteiger partial charge in [-0.05, 0) is 38.4 Å². The van der Waals surface area contributed by atoms with E-state index in [1.54, 1.807) is 13.2 Å². The summed E-state index contributed by atoms with van der Waals surface area (Å²) in [6.07, 6.45) is 0.416. The summed E-state index contributed by atoms with van der Waals surface area (Å²) >= 11 is 0. The number of nitrogens with zero attached hydrogens (tertiary/aromatic N) is 4. The molecule has 3 unspecified atom stereocenters. The molecule has 3 atom stereocenters. The number of nitro benzene ring substituents is 1. The summed E-state index contributed by atoms with van der Waals surface area (Å²) in [7, 11) is -3.47. The molecule has 1 heterocycles. The van der Waals surface area contributed by atoms with E-state index in [4.69, 9.17) is 19.6 Å². The zero-order valence-corrected chi connectivity index (χ0v) is 19.2. The Morgan fingerprint density at radius 1 is 1.38 bits per heavy atom. The zero-order valence-electron chi connectivity index (χ0n) is 18.3. The fraction of sp³-hybridized carbons (Fsp3) is 0.500. The largest absolute Gasteiger partial charge is 0.525 e. The Labute approximate surface area is 193 Å². The van der Waals surface area contributed by atoms with Crippen molar-refractivity contribution in [1.29, 1.82) is 0 Å². The molecular weight excluding hydrogens is 477 g/mol. The maximum absolute atomic E-state index is 11.4. The molecule has 0 amide bonds. The summed E-state index contributed by atoms with van der Waals surface area (Å²) in [5.41, 5.74) is -0.0213. The van der Waals surface area contributed by atoms with Crippen molar-refractivity contribution in [2.45, 2.75) is 51.2 Å². The van der Waals surface area contributed by atoms with E-state index < -0.39 is 48.6 Å². The number of aliphatic carboxylic acids is 1. The number of nitrogens with one attached hydrogen (secondary N) is 1. The highest BCUT2D eigenvalue weighted by Gasteiger charge is 2.27. The molecule has 34 heavy (non-hydrogen) atoms. The van der Waals surface area contributed by atoms with Crippen LogP contribution in [0.15, 0.2) is 24.4 Å². The summed E-state index contributed by atoms with van der Waals surface area (Å²) < 4.78 is 22.4. The van der Waals surface area contributed by atoms with Crippen LogP contribution in [0.3, 0.4) is 0 Å². The van der Waals surface area contributed by atoms with E-state index in [2.05, 4.69) is 20.2 Å². The van der Waals surface area contributed by atoms with Crippen LogP contribution in [-0.2, 0) is 27.1 Å². The third-order valence-corrected chi connectivity index (χ3v) is 5.07. The Hall–Kier alpha value is -2.94. The molecule has 0 bridgehead atoms. The van der Waals surface area contributed by atoms with Gasteiger partial charge in [-0.15, -0.1) is 5.10 Å². The monoisotopic (exact) mass is 503 g/mol. The number of ether oxygens (including phenoxy) is 1. The molecule has 0 spiro atoms. The van der Waals surface area contributed by atoms with E-state index in [-0.39, 0.29) is 12.0 Å². The smallest absolute Gasteiger partial charge is 0.480 e. The summed E-state index contributed by atoms with van der Waals surface area (Å²) in [4.78, 5) is 39.5. The molecule has 188 valence electrons. The standard InChI is InChI=1S/C18H26N5O10P/c1-11(24)32-17(12-5-6-16(33-34(29,30)31)15(8-12)23(27)28)9-13-10-22(21-20-13)7-3-4-14(19-2)18(25)26/h5-6,8,10-11,14,17,19,24H,3-4,7,9H2,1-2H3,(H,25,26)(H2,29,30,31). The molecule has 0 saturated carbocycles. The molecule has 1 aromatic heterocycles. The van der Waals surface area contributed by atoms with Crippen LogP contribution < -0.4 is 9.84 Å². The van der Waals surface area contributed by atoms with Crippen molar-refractivity contribution in [3.63, 3.8) is 0 Å². The lowest BCUT2D eigenvalue weighted by Crippen LogP contribution is -2.33. The van der Waals surface area contributed by atoms with Crippen molar-refractivity contribution < 1.29 is 43.5 Å². The van der Waals surface area contributed by atoms with Crippen molar-refractivity contribution in [1.82, 2.24) is 20.3 Å². The van der Waals surface area contributed by atoms with E-state index in [9.17, 15) is 24.6 Å². The number of aliphatic hydroxyl groups is 1. The number of aryl methyl sites for hydroxylation is 1. The van der Waals surface area contributed by atoms with Crippen LogP contribution in [0.4, 0.5) is 5.69 Å². The summed E-state index contributed by atoms with van der Waals surface area (Å²) in [6, 6.07) is 2.70. The number of carbonyl (C=O) groups is 1. The van der Waals surface area contributed by atoms with Gasteiger partial charge in [0.1, 0.15) is 6.04 Å². The molecule has 0 radical (unpaired) electrons. The number of aromatic nitrogens is 3. The van der Waals surface area contributed by atoms with E-state index in [1.165, 1.54) is 17.7 Å². The Bertz CT molecular complexity index is 1040. The SMILES string of the molecule is CNC(CCCn1cc(CC(OC(C)O)c2ccc(OP(=O)(O)O)c([N+](=O)[O-])c2)nn1)C(=O)O. The van der Waals surface area contributed by atoms with Crippen molar-refractivity contribution >= 4 is 19.5 Å². The Morgan fingerprint density at radius 2 is 2.09 bits per heavy atom. The van der Waals surface area contributed by atoms with E-state index in [1.807, 2.05) is 0 Å². The summed E-state index contributed by atoms with van der Waals surface area (Å²) in [6.45, 7) is 1.75. The van der Waals surface area contributed by atoms with Crippen LogP contribution in [0.5, 0.6) is 5.75 Å². The van der Waals surface area contributed by atoms with E-state index >= 15 is 0 Å². The van der Waals surface area contributed by atoms with Crippen molar-refractivity contribution in [2.75, 3.05) is 7.05 Å². The molecular formula is C18H26N5O10P. The zero-order chi connectivity index (χ0) is 25.5. The van der Waals surface area contributed by atoms with Gasteiger partial charge >= 0.3 is 19.5 Å². The van der Waals surface area contributed by atoms with E-state index in [0.29, 0.717) is 25.1 Å². The number of hydrogen-bond acceptors (Lipinski definition) is 10. The number of nitro groups is 1. The molecule has 0 aliphatic heterocycles. The molecule has 0 aliphatic carbocycles. The van der Waals surface area contributed by atoms with Crippen LogP contribution in [0.25, 0.3) is 0 Å². The van der Waals surface area contributed by atoms with Gasteiger partial charge in [0, 0.05) is 25.2 Å². The van der Waals surface area contributed by atoms with Gasteiger partial charge in [0.05, 0.1) is 16.7 Å². The first-order valence-corrected chi connectivity index (χ1v) is 11.6. The van der Waals surface area contributed by atoms with Crippen LogP contribution in [0, 0.1) is 10.1 Å². The number of phosphoric acid groups is 1. The van der Waals surface area contributed by atoms with Gasteiger partial charge in [-0.25, -0.2) is 4.57 Å². The van der Waals surface area contributed by atoms with Crippen LogP contribution in [-0.4, -0.2) is 65.3 Å².